The second kappa shape index (κ2) is 8.01. The van der Waals surface area contributed by atoms with Gasteiger partial charge in [-0.2, -0.15) is 4.98 Å². The van der Waals surface area contributed by atoms with Gasteiger partial charge in [-0.3, -0.25) is 0 Å². The van der Waals surface area contributed by atoms with E-state index in [1.807, 2.05) is 6.07 Å². The highest BCUT2D eigenvalue weighted by atomic mass is 35.5. The lowest BCUT2D eigenvalue weighted by atomic mass is 10.0. The number of hydrogen-bond acceptors (Lipinski definition) is 4. The monoisotopic (exact) mass is 417 g/mol. The Kier molecular flexibility index (Phi) is 5.50. The van der Waals surface area contributed by atoms with Gasteiger partial charge in [-0.1, -0.05) is 47.7 Å². The molecular formula is C20H18ClN2S3+. The second-order valence-electron chi connectivity index (χ2n) is 5.84. The number of nitrogens with two attached hydrogens (primary N) is 1. The molecule has 0 aliphatic carbocycles. The van der Waals surface area contributed by atoms with Crippen LogP contribution in [0.4, 0.5) is 5.69 Å². The van der Waals surface area contributed by atoms with Gasteiger partial charge in [-0.25, -0.2) is 0 Å². The van der Waals surface area contributed by atoms with Gasteiger partial charge < -0.3 is 5.73 Å². The standard InChI is InChI=1S/C20H17ClN2S3/c21-9-5-11-25-20-18(22)17-14(13-6-2-1-3-7-13)12-15(23-19(17)26-20)16-8-4-10-24-16/h1-4,6-8,10,12H,5,9,11,22H2/p+1. The van der Waals surface area contributed by atoms with Gasteiger partial charge in [0.05, 0.1) is 20.2 Å². The molecule has 0 aliphatic heterocycles. The zero-order valence-corrected chi connectivity index (χ0v) is 17.2. The summed E-state index contributed by atoms with van der Waals surface area (Å²) in [5.74, 6) is 1.67. The molecule has 0 saturated carbocycles. The summed E-state index contributed by atoms with van der Waals surface area (Å²) >= 11 is 11.1. The minimum Gasteiger partial charge on any atom is -0.396 e. The van der Waals surface area contributed by atoms with Crippen LogP contribution >= 0.6 is 46.0 Å². The summed E-state index contributed by atoms with van der Waals surface area (Å²) in [4.78, 5) is 5.96. The molecule has 0 bridgehead atoms. The molecule has 0 unspecified atom stereocenters. The number of H-pyrrole nitrogens is 1. The number of aromatic amines is 1. The third kappa shape index (κ3) is 3.49. The fraction of sp³-hybridized carbons (Fsp3) is 0.150. The van der Waals surface area contributed by atoms with Crippen LogP contribution in [0.2, 0.25) is 0 Å². The number of pyridine rings is 1. The quantitative estimate of drug-likeness (QED) is 0.223. The molecule has 0 amide bonds. The van der Waals surface area contributed by atoms with Crippen molar-refractivity contribution in [1.82, 2.24) is 0 Å². The van der Waals surface area contributed by atoms with E-state index in [4.69, 9.17) is 17.3 Å². The number of aromatic nitrogens is 1. The average molecular weight is 418 g/mol. The Bertz CT molecular complexity index is 1010. The van der Waals surface area contributed by atoms with Crippen LogP contribution in [0.15, 0.2) is 58.1 Å². The zero-order valence-electron chi connectivity index (χ0n) is 14.0. The summed E-state index contributed by atoms with van der Waals surface area (Å²) in [6.45, 7) is 0. The van der Waals surface area contributed by atoms with Gasteiger partial charge in [0, 0.05) is 17.5 Å². The predicted octanol–water partition coefficient (Wildman–Crippen LogP) is 6.41. The lowest BCUT2D eigenvalue weighted by Crippen LogP contribution is -2.06. The van der Waals surface area contributed by atoms with Crippen LogP contribution in [0.5, 0.6) is 0 Å². The first-order valence-electron chi connectivity index (χ1n) is 8.34. The molecule has 3 N–H and O–H groups in total. The van der Waals surface area contributed by atoms with Crippen LogP contribution in [-0.4, -0.2) is 11.6 Å². The number of benzene rings is 1. The average Bonchev–Trinajstić information content (AvgIpc) is 3.31. The van der Waals surface area contributed by atoms with E-state index in [1.165, 1.54) is 20.2 Å². The topological polar surface area (TPSA) is 40.2 Å². The van der Waals surface area contributed by atoms with Crippen molar-refractivity contribution in [2.45, 2.75) is 10.6 Å². The first-order chi connectivity index (χ1) is 12.8. The van der Waals surface area contributed by atoms with Crippen molar-refractivity contribution in [3.63, 3.8) is 0 Å². The SMILES string of the molecule is Nc1c(SCCCCl)sc2[nH+]c(-c3cccs3)cc(-c3ccccc3)c12. The van der Waals surface area contributed by atoms with E-state index in [0.717, 1.165) is 33.8 Å². The summed E-state index contributed by atoms with van der Waals surface area (Å²) in [7, 11) is 0. The summed E-state index contributed by atoms with van der Waals surface area (Å²) < 4.78 is 1.17. The van der Waals surface area contributed by atoms with Gasteiger partial charge in [0.1, 0.15) is 0 Å². The largest absolute Gasteiger partial charge is 0.396 e. The summed E-state index contributed by atoms with van der Waals surface area (Å²) in [5, 5.41) is 3.22. The molecular weight excluding hydrogens is 400 g/mol. The minimum absolute atomic E-state index is 0.682. The van der Waals surface area contributed by atoms with E-state index >= 15 is 0 Å². The predicted molar refractivity (Wildman–Crippen MR) is 118 cm³/mol. The fourth-order valence-electron chi connectivity index (χ4n) is 2.89. The molecule has 0 spiro atoms. The van der Waals surface area contributed by atoms with Gasteiger partial charge in [0.2, 0.25) is 5.69 Å². The molecule has 26 heavy (non-hydrogen) atoms. The van der Waals surface area contributed by atoms with Crippen LogP contribution in [0.1, 0.15) is 6.42 Å². The molecule has 4 rings (SSSR count). The van der Waals surface area contributed by atoms with Crippen LogP contribution in [-0.2, 0) is 0 Å². The lowest BCUT2D eigenvalue weighted by molar-refractivity contribution is -0.327. The van der Waals surface area contributed by atoms with E-state index < -0.39 is 0 Å². The first-order valence-corrected chi connectivity index (χ1v) is 11.6. The van der Waals surface area contributed by atoms with Crippen LogP contribution in [0.3, 0.4) is 0 Å². The Morgan fingerprint density at radius 2 is 1.96 bits per heavy atom. The Hall–Kier alpha value is -1.53. The number of rotatable bonds is 6. The fourth-order valence-corrected chi connectivity index (χ4v) is 6.23. The summed E-state index contributed by atoms with van der Waals surface area (Å²) in [5.41, 5.74) is 10.9. The van der Waals surface area contributed by atoms with Crippen LogP contribution < -0.4 is 10.7 Å². The second-order valence-corrected chi connectivity index (χ2v) is 9.55. The molecule has 0 saturated heterocycles. The van der Waals surface area contributed by atoms with Crippen molar-refractivity contribution < 1.29 is 4.98 Å². The summed E-state index contributed by atoms with van der Waals surface area (Å²) in [6.07, 6.45) is 0.982. The zero-order chi connectivity index (χ0) is 17.9. The molecule has 4 aromatic rings. The minimum atomic E-state index is 0.682. The Balaban J connectivity index is 1.90. The third-order valence-corrected chi connectivity index (χ3v) is 7.76. The van der Waals surface area contributed by atoms with Gasteiger partial charge in [0.25, 0.3) is 4.83 Å². The van der Waals surface area contributed by atoms with Gasteiger partial charge in [0.15, 0.2) is 0 Å². The molecule has 0 fully saturated rings. The highest BCUT2D eigenvalue weighted by Gasteiger charge is 2.22. The van der Waals surface area contributed by atoms with Crippen molar-refractivity contribution in [3.05, 3.63) is 53.9 Å². The normalized spacial score (nSPS) is 11.3. The molecule has 132 valence electrons. The molecule has 3 aromatic heterocycles. The van der Waals surface area contributed by atoms with Crippen molar-refractivity contribution in [3.8, 4) is 21.7 Å². The molecule has 0 aliphatic rings. The van der Waals surface area contributed by atoms with E-state index in [-0.39, 0.29) is 0 Å². The highest BCUT2D eigenvalue weighted by molar-refractivity contribution is 8.01. The van der Waals surface area contributed by atoms with Crippen LogP contribution in [0.25, 0.3) is 31.9 Å². The number of fused-ring (bicyclic) bond motifs is 1. The highest BCUT2D eigenvalue weighted by Crippen LogP contribution is 2.44. The van der Waals surface area contributed by atoms with E-state index in [9.17, 15) is 0 Å². The lowest BCUT2D eigenvalue weighted by Gasteiger charge is -2.04. The van der Waals surface area contributed by atoms with E-state index in [1.54, 1.807) is 34.4 Å². The van der Waals surface area contributed by atoms with Crippen molar-refractivity contribution in [1.29, 1.82) is 0 Å². The maximum absolute atomic E-state index is 6.57. The smallest absolute Gasteiger partial charge is 0.271 e. The number of alkyl halides is 1. The van der Waals surface area contributed by atoms with Gasteiger partial charge in [-0.05, 0) is 29.2 Å². The molecule has 6 heteroatoms. The first kappa shape index (κ1) is 17.9. The number of nitrogen functional groups attached to an aromatic ring is 1. The van der Waals surface area contributed by atoms with Gasteiger partial charge in [-0.15, -0.1) is 34.7 Å². The molecule has 1 aromatic carbocycles. The maximum atomic E-state index is 6.57. The number of anilines is 1. The van der Waals surface area contributed by atoms with Gasteiger partial charge >= 0.3 is 0 Å². The van der Waals surface area contributed by atoms with E-state index in [2.05, 4.69) is 52.8 Å². The Morgan fingerprint density at radius 1 is 1.12 bits per heavy atom. The number of hydrogen-bond donors (Lipinski definition) is 1. The van der Waals surface area contributed by atoms with Crippen molar-refractivity contribution in [2.24, 2.45) is 0 Å². The number of thioether (sulfide) groups is 1. The molecule has 3 heterocycles. The number of halogens is 1. The molecule has 2 nitrogen and oxygen atoms in total. The number of thiophene rings is 2. The van der Waals surface area contributed by atoms with Crippen molar-refractivity contribution >= 4 is 61.9 Å². The van der Waals surface area contributed by atoms with E-state index in [0.29, 0.717) is 5.88 Å². The maximum Gasteiger partial charge on any atom is 0.271 e. The van der Waals surface area contributed by atoms with Crippen LogP contribution in [0, 0.1) is 0 Å². The Labute approximate surface area is 170 Å². The van der Waals surface area contributed by atoms with Crippen molar-refractivity contribution in [2.75, 3.05) is 17.4 Å². The Morgan fingerprint density at radius 3 is 2.69 bits per heavy atom. The molecule has 0 radical (unpaired) electrons. The third-order valence-electron chi connectivity index (χ3n) is 4.10. The number of nitrogens with one attached hydrogen (secondary N) is 1. The molecule has 0 atom stereocenters. The summed E-state index contributed by atoms with van der Waals surface area (Å²) in [6, 6.07) is 16.9.